The minimum absolute atomic E-state index is 0.0244. The van der Waals surface area contributed by atoms with Gasteiger partial charge in [-0.15, -0.1) is 0 Å². The molecule has 0 spiro atoms. The highest BCUT2D eigenvalue weighted by atomic mass is 16.1. The zero-order valence-corrected chi connectivity index (χ0v) is 16.2. The average molecular weight is 378 g/mol. The number of hydrogen-bond donors (Lipinski definition) is 1. The van der Waals surface area contributed by atoms with E-state index in [-0.39, 0.29) is 5.91 Å². The summed E-state index contributed by atoms with van der Waals surface area (Å²) in [6.07, 6.45) is 7.81. The third-order valence-corrected chi connectivity index (χ3v) is 5.28. The predicted octanol–water partition coefficient (Wildman–Crippen LogP) is 2.34. The fourth-order valence-corrected chi connectivity index (χ4v) is 4.00. The van der Waals surface area contributed by atoms with Crippen LogP contribution in [0, 0.1) is 0 Å². The number of amides is 1. The number of pyridine rings is 2. The van der Waals surface area contributed by atoms with Crippen molar-refractivity contribution in [2.75, 3.05) is 19.6 Å². The first kappa shape index (κ1) is 18.6. The summed E-state index contributed by atoms with van der Waals surface area (Å²) in [4.78, 5) is 22.3. The van der Waals surface area contributed by atoms with E-state index in [0.717, 1.165) is 49.2 Å². The van der Waals surface area contributed by atoms with E-state index in [9.17, 15) is 4.79 Å². The summed E-state index contributed by atoms with van der Waals surface area (Å²) in [5.41, 5.74) is 3.32. The molecule has 0 aliphatic carbocycles. The van der Waals surface area contributed by atoms with Crippen molar-refractivity contribution in [1.29, 1.82) is 0 Å². The highest BCUT2D eigenvalue weighted by molar-refractivity contribution is 5.79. The number of carbonyl (C=O) groups excluding carboxylic acids is 1. The first-order chi connectivity index (χ1) is 13.7. The molecule has 1 atom stereocenters. The zero-order valence-electron chi connectivity index (χ0n) is 16.2. The lowest BCUT2D eigenvalue weighted by molar-refractivity contribution is -0.118. The fourth-order valence-electron chi connectivity index (χ4n) is 4.00. The molecule has 28 heavy (non-hydrogen) atoms. The lowest BCUT2D eigenvalue weighted by atomic mass is 9.93. The molecule has 4 heterocycles. The molecular formula is C21H26N6O. The molecule has 7 heteroatoms. The number of nitrogens with one attached hydrogen (secondary N) is 1. The molecule has 0 bridgehead atoms. The van der Waals surface area contributed by atoms with Crippen LogP contribution in [-0.2, 0) is 17.9 Å². The van der Waals surface area contributed by atoms with E-state index in [0.29, 0.717) is 19.0 Å². The summed E-state index contributed by atoms with van der Waals surface area (Å²) in [6.45, 7) is 5.76. The molecule has 146 valence electrons. The van der Waals surface area contributed by atoms with Gasteiger partial charge in [-0.3, -0.25) is 14.7 Å². The number of aromatic nitrogens is 4. The van der Waals surface area contributed by atoms with Crippen LogP contribution in [0.3, 0.4) is 0 Å². The molecule has 1 aliphatic heterocycles. The van der Waals surface area contributed by atoms with Crippen molar-refractivity contribution in [3.05, 3.63) is 54.1 Å². The quantitative estimate of drug-likeness (QED) is 0.713. The monoisotopic (exact) mass is 378 g/mol. The van der Waals surface area contributed by atoms with E-state index in [4.69, 9.17) is 5.10 Å². The van der Waals surface area contributed by atoms with Gasteiger partial charge in [0.2, 0.25) is 5.91 Å². The van der Waals surface area contributed by atoms with Crippen molar-refractivity contribution in [2.24, 2.45) is 0 Å². The van der Waals surface area contributed by atoms with Crippen LogP contribution in [0.5, 0.6) is 0 Å². The standard InChI is InChI=1S/C21H26N6O/c1-16(28)23-11-13-27-21-19(5-2-8-24-21)20(25-27)18-4-3-12-26(15-18)14-17-6-9-22-10-7-17/h2,5-10,18H,3-4,11-15H2,1H3,(H,23,28). The molecule has 0 aromatic carbocycles. The lowest BCUT2D eigenvalue weighted by Crippen LogP contribution is -2.34. The molecule has 7 nitrogen and oxygen atoms in total. The van der Waals surface area contributed by atoms with Crippen molar-refractivity contribution in [3.63, 3.8) is 0 Å². The number of fused-ring (bicyclic) bond motifs is 1. The Kier molecular flexibility index (Phi) is 5.62. The van der Waals surface area contributed by atoms with Crippen LogP contribution >= 0.6 is 0 Å². The van der Waals surface area contributed by atoms with Gasteiger partial charge in [0.25, 0.3) is 0 Å². The number of piperidine rings is 1. The van der Waals surface area contributed by atoms with E-state index in [1.165, 1.54) is 12.5 Å². The molecule has 3 aromatic rings. The Bertz CT molecular complexity index is 938. The van der Waals surface area contributed by atoms with E-state index in [1.807, 2.05) is 23.1 Å². The Morgan fingerprint density at radius 1 is 1.25 bits per heavy atom. The van der Waals surface area contributed by atoms with Crippen LogP contribution in [0.4, 0.5) is 0 Å². The van der Waals surface area contributed by atoms with E-state index in [2.05, 4.69) is 38.4 Å². The van der Waals surface area contributed by atoms with E-state index >= 15 is 0 Å². The van der Waals surface area contributed by atoms with Crippen LogP contribution in [-0.4, -0.2) is 50.2 Å². The SMILES string of the molecule is CC(=O)NCCn1nc(C2CCCN(Cc3ccncc3)C2)c2cccnc21. The van der Waals surface area contributed by atoms with Gasteiger partial charge in [-0.25, -0.2) is 9.67 Å². The normalized spacial score (nSPS) is 17.7. The van der Waals surface area contributed by atoms with Gasteiger partial charge >= 0.3 is 0 Å². The first-order valence-corrected chi connectivity index (χ1v) is 9.88. The van der Waals surface area contributed by atoms with Gasteiger partial charge < -0.3 is 5.32 Å². The number of carbonyl (C=O) groups is 1. The van der Waals surface area contributed by atoms with Gasteiger partial charge in [0.15, 0.2) is 5.65 Å². The van der Waals surface area contributed by atoms with Crippen LogP contribution in [0.2, 0.25) is 0 Å². The van der Waals surface area contributed by atoms with Gasteiger partial charge in [-0.1, -0.05) is 0 Å². The number of hydrogen-bond acceptors (Lipinski definition) is 5. The van der Waals surface area contributed by atoms with E-state index < -0.39 is 0 Å². The van der Waals surface area contributed by atoms with Gasteiger partial charge in [0.05, 0.1) is 12.2 Å². The van der Waals surface area contributed by atoms with Gasteiger partial charge in [-0.05, 0) is 49.2 Å². The van der Waals surface area contributed by atoms with E-state index in [1.54, 1.807) is 6.20 Å². The first-order valence-electron chi connectivity index (χ1n) is 9.88. The molecule has 3 aromatic heterocycles. The molecule has 1 aliphatic rings. The summed E-state index contributed by atoms with van der Waals surface area (Å²) in [5, 5.41) is 8.88. The van der Waals surface area contributed by atoms with Crippen LogP contribution in [0.1, 0.15) is 36.9 Å². The number of likely N-dealkylation sites (tertiary alicyclic amines) is 1. The number of rotatable bonds is 6. The molecule has 0 radical (unpaired) electrons. The van der Waals surface area contributed by atoms with Crippen molar-refractivity contribution in [1.82, 2.24) is 30.0 Å². The smallest absolute Gasteiger partial charge is 0.216 e. The molecule has 1 N–H and O–H groups in total. The summed E-state index contributed by atoms with van der Waals surface area (Å²) in [7, 11) is 0. The molecule has 4 rings (SSSR count). The van der Waals surface area contributed by atoms with Crippen LogP contribution in [0.25, 0.3) is 11.0 Å². The third-order valence-electron chi connectivity index (χ3n) is 5.28. The van der Waals surface area contributed by atoms with Crippen molar-refractivity contribution in [3.8, 4) is 0 Å². The van der Waals surface area contributed by atoms with Crippen molar-refractivity contribution < 1.29 is 4.79 Å². The van der Waals surface area contributed by atoms with Gasteiger partial charge in [0, 0.05) is 56.5 Å². The largest absolute Gasteiger partial charge is 0.354 e. The maximum Gasteiger partial charge on any atom is 0.216 e. The Hall–Kier alpha value is -2.80. The molecule has 1 unspecified atom stereocenters. The predicted molar refractivity (Wildman–Crippen MR) is 108 cm³/mol. The maximum absolute atomic E-state index is 11.2. The third kappa shape index (κ3) is 4.20. The van der Waals surface area contributed by atoms with Gasteiger partial charge in [0.1, 0.15) is 0 Å². The molecule has 1 amide bonds. The second kappa shape index (κ2) is 8.48. The average Bonchev–Trinajstić information content (AvgIpc) is 3.08. The zero-order chi connectivity index (χ0) is 19.3. The second-order valence-corrected chi connectivity index (χ2v) is 7.40. The molecule has 0 saturated carbocycles. The van der Waals surface area contributed by atoms with Gasteiger partial charge in [-0.2, -0.15) is 5.10 Å². The Balaban J connectivity index is 1.53. The second-order valence-electron chi connectivity index (χ2n) is 7.40. The minimum atomic E-state index is -0.0244. The fraction of sp³-hybridized carbons (Fsp3) is 0.429. The summed E-state index contributed by atoms with van der Waals surface area (Å²) in [5.74, 6) is 0.369. The Morgan fingerprint density at radius 3 is 2.93 bits per heavy atom. The molecule has 1 fully saturated rings. The minimum Gasteiger partial charge on any atom is -0.354 e. The Morgan fingerprint density at radius 2 is 2.11 bits per heavy atom. The Labute approximate surface area is 164 Å². The van der Waals surface area contributed by atoms with Crippen molar-refractivity contribution >= 4 is 16.9 Å². The lowest BCUT2D eigenvalue weighted by Gasteiger charge is -2.32. The summed E-state index contributed by atoms with van der Waals surface area (Å²) < 4.78 is 1.93. The molecule has 1 saturated heterocycles. The summed E-state index contributed by atoms with van der Waals surface area (Å²) in [6, 6.07) is 8.25. The highest BCUT2D eigenvalue weighted by Crippen LogP contribution is 2.31. The molecular weight excluding hydrogens is 352 g/mol. The number of nitrogens with zero attached hydrogens (tertiary/aromatic N) is 5. The topological polar surface area (TPSA) is 75.9 Å². The maximum atomic E-state index is 11.2. The van der Waals surface area contributed by atoms with Crippen LogP contribution < -0.4 is 5.32 Å². The summed E-state index contributed by atoms with van der Waals surface area (Å²) >= 11 is 0. The van der Waals surface area contributed by atoms with Crippen molar-refractivity contribution in [2.45, 2.75) is 38.8 Å². The van der Waals surface area contributed by atoms with Crippen LogP contribution in [0.15, 0.2) is 42.9 Å². The highest BCUT2D eigenvalue weighted by Gasteiger charge is 2.26.